The van der Waals surface area contributed by atoms with E-state index in [1.54, 1.807) is 0 Å². The van der Waals surface area contributed by atoms with E-state index in [-0.39, 0.29) is 0 Å². The average Bonchev–Trinajstić information content (AvgIpc) is 2.59. The van der Waals surface area contributed by atoms with Gasteiger partial charge in [-0.15, -0.1) is 0 Å². The van der Waals surface area contributed by atoms with Crippen molar-refractivity contribution >= 4 is 0 Å². The standard InChI is InChI=1S/C18H34/c1-15-10-7-9-12-17(3,14-15)18(4)13-8-5-6-11-16(18)2/h15-16H,5-14H2,1-4H3. The van der Waals surface area contributed by atoms with Crippen molar-refractivity contribution < 1.29 is 0 Å². The molecule has 0 heteroatoms. The van der Waals surface area contributed by atoms with E-state index in [2.05, 4.69) is 27.7 Å². The summed E-state index contributed by atoms with van der Waals surface area (Å²) in [5.41, 5.74) is 1.20. The van der Waals surface area contributed by atoms with Crippen molar-refractivity contribution in [2.24, 2.45) is 22.7 Å². The van der Waals surface area contributed by atoms with Crippen LogP contribution in [0.5, 0.6) is 0 Å². The van der Waals surface area contributed by atoms with Crippen molar-refractivity contribution in [3.8, 4) is 0 Å². The van der Waals surface area contributed by atoms with E-state index in [1.165, 1.54) is 64.2 Å². The molecule has 0 aromatic heterocycles. The molecule has 4 unspecified atom stereocenters. The number of hydrogen-bond donors (Lipinski definition) is 0. The Bertz CT molecular complexity index is 269. The van der Waals surface area contributed by atoms with E-state index in [4.69, 9.17) is 0 Å². The first kappa shape index (κ1) is 14.4. The lowest BCUT2D eigenvalue weighted by Gasteiger charge is -2.51. The van der Waals surface area contributed by atoms with Crippen molar-refractivity contribution in [2.45, 2.75) is 91.9 Å². The molecule has 0 saturated heterocycles. The molecule has 0 spiro atoms. The summed E-state index contributed by atoms with van der Waals surface area (Å²) in [5.74, 6) is 1.88. The maximum atomic E-state index is 2.64. The first-order valence-electron chi connectivity index (χ1n) is 8.48. The molecule has 0 nitrogen and oxygen atoms in total. The third-order valence-electron chi connectivity index (χ3n) is 6.77. The molecule has 2 aliphatic carbocycles. The largest absolute Gasteiger partial charge is 0.0625 e. The van der Waals surface area contributed by atoms with E-state index >= 15 is 0 Å². The zero-order chi connectivity index (χ0) is 13.2. The quantitative estimate of drug-likeness (QED) is 0.486. The van der Waals surface area contributed by atoms with Gasteiger partial charge < -0.3 is 0 Å². The van der Waals surface area contributed by atoms with Gasteiger partial charge in [-0.05, 0) is 41.9 Å². The molecule has 0 N–H and O–H groups in total. The smallest absolute Gasteiger partial charge is 0.0246 e. The maximum Gasteiger partial charge on any atom is -0.0246 e. The Morgan fingerprint density at radius 1 is 0.778 bits per heavy atom. The molecule has 18 heavy (non-hydrogen) atoms. The van der Waals surface area contributed by atoms with Crippen LogP contribution in [0.15, 0.2) is 0 Å². The first-order valence-corrected chi connectivity index (χ1v) is 8.48. The molecular formula is C18H34. The van der Waals surface area contributed by atoms with Crippen molar-refractivity contribution in [3.05, 3.63) is 0 Å². The SMILES string of the molecule is CC1CCCCC(C)(C2(C)CCCCCC2C)C1. The topological polar surface area (TPSA) is 0 Å². The van der Waals surface area contributed by atoms with Crippen molar-refractivity contribution in [1.82, 2.24) is 0 Å². The van der Waals surface area contributed by atoms with Crippen molar-refractivity contribution in [1.29, 1.82) is 0 Å². The minimum atomic E-state index is 0.599. The minimum absolute atomic E-state index is 0.599. The third kappa shape index (κ3) is 2.63. The Morgan fingerprint density at radius 2 is 1.44 bits per heavy atom. The molecule has 2 fully saturated rings. The molecule has 0 aromatic rings. The van der Waals surface area contributed by atoms with Crippen LogP contribution in [0.1, 0.15) is 91.9 Å². The van der Waals surface area contributed by atoms with E-state index < -0.39 is 0 Å². The molecular weight excluding hydrogens is 216 g/mol. The van der Waals surface area contributed by atoms with Crippen LogP contribution in [0, 0.1) is 22.7 Å². The lowest BCUT2D eigenvalue weighted by Crippen LogP contribution is -2.42. The van der Waals surface area contributed by atoms with Gasteiger partial charge in [0.1, 0.15) is 0 Å². The van der Waals surface area contributed by atoms with Crippen LogP contribution >= 0.6 is 0 Å². The third-order valence-corrected chi connectivity index (χ3v) is 6.77. The van der Waals surface area contributed by atoms with Gasteiger partial charge in [0, 0.05) is 0 Å². The first-order chi connectivity index (χ1) is 8.48. The highest BCUT2D eigenvalue weighted by atomic mass is 14.5. The van der Waals surface area contributed by atoms with Gasteiger partial charge in [0.25, 0.3) is 0 Å². The Labute approximate surface area is 115 Å². The fourth-order valence-corrected chi connectivity index (χ4v) is 5.08. The summed E-state index contributed by atoms with van der Waals surface area (Å²) in [4.78, 5) is 0. The Hall–Kier alpha value is 0. The second kappa shape index (κ2) is 5.55. The molecule has 0 amide bonds. The summed E-state index contributed by atoms with van der Waals surface area (Å²) < 4.78 is 0. The fraction of sp³-hybridized carbons (Fsp3) is 1.00. The molecule has 2 saturated carbocycles. The summed E-state index contributed by atoms with van der Waals surface area (Å²) in [6.07, 6.45) is 14.8. The molecule has 4 atom stereocenters. The Kier molecular flexibility index (Phi) is 4.44. The van der Waals surface area contributed by atoms with Crippen molar-refractivity contribution in [3.63, 3.8) is 0 Å². The fourth-order valence-electron chi connectivity index (χ4n) is 5.08. The molecule has 0 aliphatic heterocycles. The summed E-state index contributed by atoms with van der Waals surface area (Å²) in [5, 5.41) is 0. The van der Waals surface area contributed by atoms with Crippen LogP contribution in [-0.2, 0) is 0 Å². The van der Waals surface area contributed by atoms with Gasteiger partial charge in [0.05, 0.1) is 0 Å². The predicted octanol–water partition coefficient (Wildman–Crippen LogP) is 6.20. The van der Waals surface area contributed by atoms with Crippen LogP contribution in [0.4, 0.5) is 0 Å². The molecule has 0 aromatic carbocycles. The van der Waals surface area contributed by atoms with Gasteiger partial charge in [-0.1, -0.05) is 72.6 Å². The Morgan fingerprint density at radius 3 is 2.22 bits per heavy atom. The lowest BCUT2D eigenvalue weighted by molar-refractivity contribution is -0.0150. The highest BCUT2D eigenvalue weighted by Gasteiger charge is 2.48. The second-order valence-electron chi connectivity index (χ2n) is 8.03. The monoisotopic (exact) mass is 250 g/mol. The normalized spacial score (nSPS) is 47.3. The zero-order valence-corrected chi connectivity index (χ0v) is 13.2. The van der Waals surface area contributed by atoms with E-state index in [0.717, 1.165) is 11.8 Å². The van der Waals surface area contributed by atoms with Crippen LogP contribution in [0.2, 0.25) is 0 Å². The van der Waals surface area contributed by atoms with Crippen LogP contribution in [0.25, 0.3) is 0 Å². The second-order valence-corrected chi connectivity index (χ2v) is 8.03. The Balaban J connectivity index is 2.23. The summed E-state index contributed by atoms with van der Waals surface area (Å²) in [7, 11) is 0. The summed E-state index contributed by atoms with van der Waals surface area (Å²) in [6, 6.07) is 0. The van der Waals surface area contributed by atoms with Gasteiger partial charge >= 0.3 is 0 Å². The molecule has 2 aliphatic rings. The summed E-state index contributed by atoms with van der Waals surface area (Å²) >= 11 is 0. The molecule has 0 heterocycles. The van der Waals surface area contributed by atoms with E-state index in [9.17, 15) is 0 Å². The van der Waals surface area contributed by atoms with Gasteiger partial charge in [-0.3, -0.25) is 0 Å². The zero-order valence-electron chi connectivity index (χ0n) is 13.2. The number of rotatable bonds is 1. The highest BCUT2D eigenvalue weighted by molar-refractivity contribution is 4.98. The molecule has 106 valence electrons. The van der Waals surface area contributed by atoms with Gasteiger partial charge in [0.2, 0.25) is 0 Å². The number of hydrogen-bond acceptors (Lipinski definition) is 0. The minimum Gasteiger partial charge on any atom is -0.0625 e. The highest BCUT2D eigenvalue weighted by Crippen LogP contribution is 2.58. The van der Waals surface area contributed by atoms with Gasteiger partial charge in [-0.2, -0.15) is 0 Å². The van der Waals surface area contributed by atoms with Crippen LogP contribution < -0.4 is 0 Å². The lowest BCUT2D eigenvalue weighted by atomic mass is 9.54. The van der Waals surface area contributed by atoms with Gasteiger partial charge in [0.15, 0.2) is 0 Å². The molecule has 0 bridgehead atoms. The van der Waals surface area contributed by atoms with Crippen LogP contribution in [-0.4, -0.2) is 0 Å². The van der Waals surface area contributed by atoms with Crippen LogP contribution in [0.3, 0.4) is 0 Å². The molecule has 0 radical (unpaired) electrons. The average molecular weight is 250 g/mol. The molecule has 2 rings (SSSR count). The van der Waals surface area contributed by atoms with Crippen molar-refractivity contribution in [2.75, 3.05) is 0 Å². The predicted molar refractivity (Wildman–Crippen MR) is 80.7 cm³/mol. The summed E-state index contributed by atoms with van der Waals surface area (Å²) in [6.45, 7) is 10.3. The van der Waals surface area contributed by atoms with E-state index in [1.807, 2.05) is 0 Å². The van der Waals surface area contributed by atoms with E-state index in [0.29, 0.717) is 10.8 Å². The van der Waals surface area contributed by atoms with Gasteiger partial charge in [-0.25, -0.2) is 0 Å². The maximum absolute atomic E-state index is 2.64.